The molecule has 0 aliphatic heterocycles. The lowest BCUT2D eigenvalue weighted by Crippen LogP contribution is -2.12. The average Bonchev–Trinajstić information content (AvgIpc) is 3.02. The number of aryl methyl sites for hydroxylation is 3. The van der Waals surface area contributed by atoms with Crippen LogP contribution in [0.2, 0.25) is 0 Å². The van der Waals surface area contributed by atoms with Gasteiger partial charge in [-0.3, -0.25) is 4.79 Å². The first-order valence-electron chi connectivity index (χ1n) is 6.90. The summed E-state index contributed by atoms with van der Waals surface area (Å²) in [5, 5.41) is 11.8. The molecule has 0 spiro atoms. The molecule has 2 aromatic heterocycles. The third kappa shape index (κ3) is 2.71. The van der Waals surface area contributed by atoms with Crippen LogP contribution >= 0.6 is 11.3 Å². The summed E-state index contributed by atoms with van der Waals surface area (Å²) in [7, 11) is 0. The number of hydrogen-bond donors (Lipinski definition) is 3. The molecule has 5 nitrogen and oxygen atoms in total. The van der Waals surface area contributed by atoms with E-state index in [2.05, 4.69) is 10.3 Å². The van der Waals surface area contributed by atoms with Crippen LogP contribution in [-0.2, 0) is 12.8 Å². The first-order chi connectivity index (χ1) is 10.0. The summed E-state index contributed by atoms with van der Waals surface area (Å²) in [6.07, 6.45) is 4.42. The first-order valence-corrected chi connectivity index (χ1v) is 7.72. The van der Waals surface area contributed by atoms with Gasteiger partial charge in [-0.25, -0.2) is 4.79 Å². The van der Waals surface area contributed by atoms with E-state index in [9.17, 15) is 9.59 Å². The van der Waals surface area contributed by atoms with Crippen LogP contribution in [0.4, 0.5) is 5.69 Å². The van der Waals surface area contributed by atoms with Gasteiger partial charge >= 0.3 is 5.97 Å². The van der Waals surface area contributed by atoms with E-state index in [1.165, 1.54) is 34.6 Å². The predicted octanol–water partition coefficient (Wildman–Crippen LogP) is 3.21. The highest BCUT2D eigenvalue weighted by molar-refractivity contribution is 7.14. The summed E-state index contributed by atoms with van der Waals surface area (Å²) in [4.78, 5) is 28.1. The zero-order valence-corrected chi connectivity index (χ0v) is 12.5. The Morgan fingerprint density at radius 1 is 1.29 bits per heavy atom. The maximum atomic E-state index is 12.3. The zero-order valence-electron chi connectivity index (χ0n) is 11.7. The first kappa shape index (κ1) is 13.9. The van der Waals surface area contributed by atoms with Crippen LogP contribution in [0, 0.1) is 6.92 Å². The minimum atomic E-state index is -1.08. The largest absolute Gasteiger partial charge is 0.477 e. The highest BCUT2D eigenvalue weighted by Gasteiger charge is 2.20. The van der Waals surface area contributed by atoms with Crippen molar-refractivity contribution in [1.29, 1.82) is 0 Å². The molecule has 0 radical (unpaired) electrons. The van der Waals surface area contributed by atoms with E-state index >= 15 is 0 Å². The van der Waals surface area contributed by atoms with Crippen LogP contribution in [0.3, 0.4) is 0 Å². The number of aromatic carboxylic acids is 1. The number of carbonyl (C=O) groups is 2. The molecule has 0 saturated carbocycles. The summed E-state index contributed by atoms with van der Waals surface area (Å²) >= 11 is 1.51. The topological polar surface area (TPSA) is 82.2 Å². The number of aromatic nitrogens is 1. The van der Waals surface area contributed by atoms with Crippen LogP contribution in [-0.4, -0.2) is 22.0 Å². The number of carboxylic acid groups (broad SMARTS) is 1. The molecule has 0 atom stereocenters. The maximum Gasteiger partial charge on any atom is 0.354 e. The normalized spacial score (nSPS) is 13.8. The molecule has 110 valence electrons. The quantitative estimate of drug-likeness (QED) is 0.814. The zero-order chi connectivity index (χ0) is 15.0. The molecular formula is C15H16N2O3S. The third-order valence-electron chi connectivity index (χ3n) is 3.63. The van der Waals surface area contributed by atoms with Gasteiger partial charge < -0.3 is 15.4 Å². The Balaban J connectivity index is 1.83. The number of carboxylic acids is 1. The van der Waals surface area contributed by atoms with Crippen molar-refractivity contribution in [3.05, 3.63) is 38.8 Å². The van der Waals surface area contributed by atoms with Crippen molar-refractivity contribution in [1.82, 2.24) is 4.98 Å². The lowest BCUT2D eigenvalue weighted by Gasteiger charge is -2.08. The maximum absolute atomic E-state index is 12.3. The minimum absolute atomic E-state index is 0.0159. The SMILES string of the molecule is Cc1cc(NC(=O)c2cc3c(s2)CCCC3)c(C(=O)O)[nH]1. The second-order valence-corrected chi connectivity index (χ2v) is 6.40. The van der Waals surface area contributed by atoms with Crippen molar-refractivity contribution in [2.45, 2.75) is 32.6 Å². The molecule has 0 unspecified atom stereocenters. The number of fused-ring (bicyclic) bond motifs is 1. The Morgan fingerprint density at radius 2 is 2.05 bits per heavy atom. The number of nitrogens with one attached hydrogen (secondary N) is 2. The minimum Gasteiger partial charge on any atom is -0.477 e. The van der Waals surface area contributed by atoms with Gasteiger partial charge in [0.05, 0.1) is 10.6 Å². The molecule has 1 aliphatic rings. The Morgan fingerprint density at radius 3 is 2.76 bits per heavy atom. The van der Waals surface area contributed by atoms with Crippen LogP contribution < -0.4 is 5.32 Å². The van der Waals surface area contributed by atoms with E-state index in [0.717, 1.165) is 12.8 Å². The number of thiophene rings is 1. The molecule has 0 aromatic carbocycles. The van der Waals surface area contributed by atoms with Crippen molar-refractivity contribution < 1.29 is 14.7 Å². The van der Waals surface area contributed by atoms with Crippen molar-refractivity contribution in [2.24, 2.45) is 0 Å². The monoisotopic (exact) mass is 304 g/mol. The van der Waals surface area contributed by atoms with Gasteiger partial charge in [0, 0.05) is 10.6 Å². The summed E-state index contributed by atoms with van der Waals surface area (Å²) in [5.41, 5.74) is 2.30. The average molecular weight is 304 g/mol. The number of hydrogen-bond acceptors (Lipinski definition) is 3. The van der Waals surface area contributed by atoms with E-state index in [1.807, 2.05) is 6.07 Å². The standard InChI is InChI=1S/C15H16N2O3S/c1-8-6-10(13(16-8)15(19)20)17-14(18)12-7-9-4-2-3-5-11(9)21-12/h6-7,16H,2-5H2,1H3,(H,17,18)(H,19,20). The molecule has 3 rings (SSSR count). The summed E-state index contributed by atoms with van der Waals surface area (Å²) in [6.45, 7) is 1.76. The highest BCUT2D eigenvalue weighted by Crippen LogP contribution is 2.30. The fourth-order valence-corrected chi connectivity index (χ4v) is 3.79. The van der Waals surface area contributed by atoms with Gasteiger partial charge in [0.2, 0.25) is 0 Å². The van der Waals surface area contributed by atoms with Gasteiger partial charge in [0.1, 0.15) is 5.69 Å². The Kier molecular flexibility index (Phi) is 3.55. The fourth-order valence-electron chi connectivity index (χ4n) is 2.64. The second-order valence-electron chi connectivity index (χ2n) is 5.27. The number of carbonyl (C=O) groups excluding carboxylic acids is 1. The predicted molar refractivity (Wildman–Crippen MR) is 81.4 cm³/mol. The van der Waals surface area contributed by atoms with Crippen molar-refractivity contribution in [2.75, 3.05) is 5.32 Å². The molecule has 0 bridgehead atoms. The molecule has 6 heteroatoms. The van der Waals surface area contributed by atoms with Gasteiger partial charge in [-0.15, -0.1) is 11.3 Å². The smallest absolute Gasteiger partial charge is 0.354 e. The number of H-pyrrole nitrogens is 1. The van der Waals surface area contributed by atoms with E-state index in [1.54, 1.807) is 13.0 Å². The lowest BCUT2D eigenvalue weighted by molar-refractivity contribution is 0.0692. The number of amides is 1. The molecule has 21 heavy (non-hydrogen) atoms. The van der Waals surface area contributed by atoms with Crippen LogP contribution in [0.25, 0.3) is 0 Å². The molecule has 0 saturated heterocycles. The summed E-state index contributed by atoms with van der Waals surface area (Å²) in [5.74, 6) is -1.32. The van der Waals surface area contributed by atoms with Crippen molar-refractivity contribution in [3.8, 4) is 0 Å². The Labute approximate surface area is 126 Å². The number of anilines is 1. The molecular weight excluding hydrogens is 288 g/mol. The van der Waals surface area contributed by atoms with E-state index in [4.69, 9.17) is 5.11 Å². The summed E-state index contributed by atoms with van der Waals surface area (Å²) < 4.78 is 0. The fraction of sp³-hybridized carbons (Fsp3) is 0.333. The molecule has 2 aromatic rings. The second kappa shape index (κ2) is 5.37. The Bertz CT molecular complexity index is 691. The van der Waals surface area contributed by atoms with Gasteiger partial charge in [0.25, 0.3) is 5.91 Å². The Hall–Kier alpha value is -2.08. The van der Waals surface area contributed by atoms with Crippen molar-refractivity contribution in [3.63, 3.8) is 0 Å². The molecule has 0 fully saturated rings. The highest BCUT2D eigenvalue weighted by atomic mass is 32.1. The van der Waals surface area contributed by atoms with E-state index < -0.39 is 5.97 Å². The van der Waals surface area contributed by atoms with Gasteiger partial charge in [-0.05, 0) is 50.3 Å². The number of rotatable bonds is 3. The third-order valence-corrected chi connectivity index (χ3v) is 4.87. The summed E-state index contributed by atoms with van der Waals surface area (Å²) in [6, 6.07) is 3.57. The van der Waals surface area contributed by atoms with Crippen LogP contribution in [0.5, 0.6) is 0 Å². The lowest BCUT2D eigenvalue weighted by atomic mass is 9.99. The van der Waals surface area contributed by atoms with E-state index in [-0.39, 0.29) is 11.6 Å². The molecule has 3 N–H and O–H groups in total. The molecule has 1 amide bonds. The number of aromatic amines is 1. The van der Waals surface area contributed by atoms with Gasteiger partial charge in [-0.2, -0.15) is 0 Å². The van der Waals surface area contributed by atoms with Gasteiger partial charge in [0.15, 0.2) is 0 Å². The molecule has 1 aliphatic carbocycles. The van der Waals surface area contributed by atoms with Crippen molar-refractivity contribution >= 4 is 28.9 Å². The van der Waals surface area contributed by atoms with Gasteiger partial charge in [-0.1, -0.05) is 0 Å². The van der Waals surface area contributed by atoms with Crippen LogP contribution in [0.15, 0.2) is 12.1 Å². The molecule has 2 heterocycles. The van der Waals surface area contributed by atoms with E-state index in [0.29, 0.717) is 16.3 Å². The van der Waals surface area contributed by atoms with Crippen LogP contribution in [0.1, 0.15) is 49.1 Å².